The molecule has 0 radical (unpaired) electrons. The third kappa shape index (κ3) is 3.17. The molecule has 0 aliphatic carbocycles. The van der Waals surface area contributed by atoms with Crippen LogP contribution in [0.3, 0.4) is 0 Å². The van der Waals surface area contributed by atoms with Crippen molar-refractivity contribution in [3.63, 3.8) is 0 Å². The number of hydrogen-bond acceptors (Lipinski definition) is 4. The van der Waals surface area contributed by atoms with Gasteiger partial charge in [0, 0.05) is 24.5 Å². The lowest BCUT2D eigenvalue weighted by Gasteiger charge is -2.11. The molecule has 1 aromatic carbocycles. The molecule has 17 heavy (non-hydrogen) atoms. The largest absolute Gasteiger partial charge is 0.492 e. The van der Waals surface area contributed by atoms with Gasteiger partial charge in [-0.1, -0.05) is 12.1 Å². The normalized spacial score (nSPS) is 9.94. The van der Waals surface area contributed by atoms with Gasteiger partial charge in [0.2, 0.25) is 0 Å². The predicted octanol–water partition coefficient (Wildman–Crippen LogP) is 2.49. The number of benzene rings is 1. The van der Waals surface area contributed by atoms with Crippen LogP contribution in [-0.2, 0) is 6.54 Å². The fraction of sp³-hybridized carbons (Fsp3) is 0.231. The Balaban J connectivity index is 2.03. The highest BCUT2D eigenvalue weighted by Crippen LogP contribution is 2.23. The molecule has 4 heteroatoms. The number of ether oxygens (including phenoxy) is 1. The van der Waals surface area contributed by atoms with Gasteiger partial charge in [-0.25, -0.2) is 9.97 Å². The highest BCUT2D eigenvalue weighted by Gasteiger charge is 2.01. The molecule has 0 fully saturated rings. The summed E-state index contributed by atoms with van der Waals surface area (Å²) in [5.41, 5.74) is 2.03. The molecule has 0 bridgehead atoms. The van der Waals surface area contributed by atoms with Gasteiger partial charge in [0.25, 0.3) is 0 Å². The summed E-state index contributed by atoms with van der Waals surface area (Å²) in [5.74, 6) is 0.867. The maximum atomic E-state index is 5.53. The average molecular weight is 229 g/mol. The molecule has 1 heterocycles. The van der Waals surface area contributed by atoms with Crippen LogP contribution in [-0.4, -0.2) is 16.6 Å². The quantitative estimate of drug-likeness (QED) is 0.855. The molecule has 2 aromatic rings. The van der Waals surface area contributed by atoms with Crippen LogP contribution in [0, 0.1) is 0 Å². The number of nitrogens with one attached hydrogen (secondary N) is 1. The van der Waals surface area contributed by atoms with Gasteiger partial charge in [0.15, 0.2) is 0 Å². The monoisotopic (exact) mass is 229 g/mol. The van der Waals surface area contributed by atoms with E-state index in [0.717, 1.165) is 17.0 Å². The van der Waals surface area contributed by atoms with Crippen LogP contribution in [0.4, 0.5) is 5.69 Å². The van der Waals surface area contributed by atoms with Crippen molar-refractivity contribution in [2.45, 2.75) is 13.5 Å². The van der Waals surface area contributed by atoms with Gasteiger partial charge < -0.3 is 10.1 Å². The molecule has 2 rings (SSSR count). The number of nitrogens with zero attached hydrogens (tertiary/aromatic N) is 2. The molecule has 0 atom stereocenters. The van der Waals surface area contributed by atoms with Crippen molar-refractivity contribution in [2.24, 2.45) is 0 Å². The minimum Gasteiger partial charge on any atom is -0.492 e. The number of anilines is 1. The first-order valence-corrected chi connectivity index (χ1v) is 5.59. The topological polar surface area (TPSA) is 47.0 Å². The molecule has 0 saturated heterocycles. The van der Waals surface area contributed by atoms with E-state index in [0.29, 0.717) is 13.2 Å². The van der Waals surface area contributed by atoms with Crippen LogP contribution < -0.4 is 10.1 Å². The van der Waals surface area contributed by atoms with Crippen molar-refractivity contribution >= 4 is 5.69 Å². The Labute approximate surface area is 101 Å². The minimum absolute atomic E-state index is 0.660. The van der Waals surface area contributed by atoms with Gasteiger partial charge in [-0.2, -0.15) is 0 Å². The first kappa shape index (κ1) is 11.4. The Hall–Kier alpha value is -2.10. The van der Waals surface area contributed by atoms with Crippen molar-refractivity contribution in [3.05, 3.63) is 48.5 Å². The standard InChI is InChI=1S/C13H15N3O/c1-2-17-13-6-4-3-5-12(13)16-9-11-7-14-10-15-8-11/h3-8,10,16H,2,9H2,1H3. The summed E-state index contributed by atoms with van der Waals surface area (Å²) >= 11 is 0. The van der Waals surface area contributed by atoms with E-state index in [1.807, 2.05) is 31.2 Å². The third-order valence-corrected chi connectivity index (χ3v) is 2.28. The van der Waals surface area contributed by atoms with Gasteiger partial charge in [0.1, 0.15) is 12.1 Å². The number of aromatic nitrogens is 2. The van der Waals surface area contributed by atoms with E-state index in [4.69, 9.17) is 4.74 Å². The SMILES string of the molecule is CCOc1ccccc1NCc1cncnc1. The van der Waals surface area contributed by atoms with Crippen LogP contribution in [0.1, 0.15) is 12.5 Å². The van der Waals surface area contributed by atoms with Crippen molar-refractivity contribution in [1.82, 2.24) is 9.97 Å². The van der Waals surface area contributed by atoms with Crippen LogP contribution in [0.15, 0.2) is 43.0 Å². The first-order valence-electron chi connectivity index (χ1n) is 5.59. The van der Waals surface area contributed by atoms with E-state index in [1.165, 1.54) is 6.33 Å². The van der Waals surface area contributed by atoms with Crippen molar-refractivity contribution in [1.29, 1.82) is 0 Å². The Kier molecular flexibility index (Phi) is 3.91. The maximum Gasteiger partial charge on any atom is 0.142 e. The number of hydrogen-bond donors (Lipinski definition) is 1. The molecule has 0 aliphatic heterocycles. The summed E-state index contributed by atoms with van der Waals surface area (Å²) in [6.45, 7) is 3.32. The van der Waals surface area contributed by atoms with Gasteiger partial charge in [-0.15, -0.1) is 0 Å². The van der Waals surface area contributed by atoms with E-state index >= 15 is 0 Å². The first-order chi connectivity index (χ1) is 8.40. The van der Waals surface area contributed by atoms with Gasteiger partial charge >= 0.3 is 0 Å². The lowest BCUT2D eigenvalue weighted by molar-refractivity contribution is 0.341. The third-order valence-electron chi connectivity index (χ3n) is 2.28. The summed E-state index contributed by atoms with van der Waals surface area (Å²) in [7, 11) is 0. The zero-order valence-corrected chi connectivity index (χ0v) is 9.76. The highest BCUT2D eigenvalue weighted by atomic mass is 16.5. The van der Waals surface area contributed by atoms with Crippen molar-refractivity contribution in [2.75, 3.05) is 11.9 Å². The zero-order valence-electron chi connectivity index (χ0n) is 9.76. The van der Waals surface area contributed by atoms with Crippen LogP contribution >= 0.6 is 0 Å². The summed E-state index contributed by atoms with van der Waals surface area (Å²) in [6, 6.07) is 7.89. The molecule has 0 aliphatic rings. The highest BCUT2D eigenvalue weighted by molar-refractivity contribution is 5.56. The van der Waals surface area contributed by atoms with Crippen LogP contribution in [0.2, 0.25) is 0 Å². The second kappa shape index (κ2) is 5.84. The Morgan fingerprint density at radius 2 is 1.94 bits per heavy atom. The molecule has 1 N–H and O–H groups in total. The van der Waals surface area contributed by atoms with E-state index in [2.05, 4.69) is 15.3 Å². The Morgan fingerprint density at radius 3 is 2.71 bits per heavy atom. The second-order valence-corrected chi connectivity index (χ2v) is 3.53. The minimum atomic E-state index is 0.660. The van der Waals surface area contributed by atoms with Crippen molar-refractivity contribution in [3.8, 4) is 5.75 Å². The molecule has 0 spiro atoms. The second-order valence-electron chi connectivity index (χ2n) is 3.53. The number of para-hydroxylation sites is 2. The van der Waals surface area contributed by atoms with Crippen LogP contribution in [0.25, 0.3) is 0 Å². The smallest absolute Gasteiger partial charge is 0.142 e. The summed E-state index contributed by atoms with van der Waals surface area (Å²) in [6.07, 6.45) is 5.12. The van der Waals surface area contributed by atoms with Gasteiger partial charge in [-0.05, 0) is 19.1 Å². The predicted molar refractivity (Wildman–Crippen MR) is 67.0 cm³/mol. The van der Waals surface area contributed by atoms with E-state index in [9.17, 15) is 0 Å². The zero-order chi connectivity index (χ0) is 11.9. The van der Waals surface area contributed by atoms with Gasteiger partial charge in [0.05, 0.1) is 12.3 Å². The average Bonchev–Trinajstić information content (AvgIpc) is 2.39. The van der Waals surface area contributed by atoms with Gasteiger partial charge in [-0.3, -0.25) is 0 Å². The molecule has 0 unspecified atom stereocenters. The maximum absolute atomic E-state index is 5.53. The molecule has 4 nitrogen and oxygen atoms in total. The molecule has 88 valence electrons. The molecular formula is C13H15N3O. The van der Waals surface area contributed by atoms with E-state index < -0.39 is 0 Å². The van der Waals surface area contributed by atoms with Crippen LogP contribution in [0.5, 0.6) is 5.75 Å². The summed E-state index contributed by atoms with van der Waals surface area (Å²) in [4.78, 5) is 7.95. The number of rotatable bonds is 5. The van der Waals surface area contributed by atoms with Crippen molar-refractivity contribution < 1.29 is 4.74 Å². The van der Waals surface area contributed by atoms with E-state index in [1.54, 1.807) is 12.4 Å². The summed E-state index contributed by atoms with van der Waals surface area (Å²) < 4.78 is 5.53. The fourth-order valence-corrected chi connectivity index (χ4v) is 1.51. The molecule has 0 amide bonds. The van der Waals surface area contributed by atoms with E-state index in [-0.39, 0.29) is 0 Å². The fourth-order valence-electron chi connectivity index (χ4n) is 1.51. The lowest BCUT2D eigenvalue weighted by atomic mass is 10.2. The molecule has 0 saturated carbocycles. The lowest BCUT2D eigenvalue weighted by Crippen LogP contribution is -2.03. The summed E-state index contributed by atoms with van der Waals surface area (Å²) in [5, 5.41) is 3.31. The Bertz CT molecular complexity index is 459. The molecular weight excluding hydrogens is 214 g/mol. The Morgan fingerprint density at radius 1 is 1.18 bits per heavy atom. The molecule has 1 aromatic heterocycles.